The topological polar surface area (TPSA) is 35.1 Å². The lowest BCUT2D eigenvalue weighted by Gasteiger charge is -2.13. The number of imidazole rings is 1. The molecular weight excluding hydrogens is 657 g/mol. The zero-order valence-electron chi connectivity index (χ0n) is 29.1. The van der Waals surface area contributed by atoms with E-state index in [0.717, 1.165) is 44.6 Å². The van der Waals surface area contributed by atoms with Gasteiger partial charge in [0.15, 0.2) is 0 Å². The highest BCUT2D eigenvalue weighted by molar-refractivity contribution is 6.22. The van der Waals surface area contributed by atoms with Crippen molar-refractivity contribution in [2.24, 2.45) is 0 Å². The van der Waals surface area contributed by atoms with Gasteiger partial charge in [0.25, 0.3) is 0 Å². The number of hydrogen-bond acceptors (Lipinski definition) is 2. The van der Waals surface area contributed by atoms with E-state index >= 15 is 0 Å². The van der Waals surface area contributed by atoms with Crippen LogP contribution in [0.25, 0.3) is 110 Å². The maximum atomic E-state index is 5.39. The summed E-state index contributed by atoms with van der Waals surface area (Å²) in [5, 5.41) is 10.9. The Balaban J connectivity index is 1.08. The van der Waals surface area contributed by atoms with Gasteiger partial charge >= 0.3 is 0 Å². The van der Waals surface area contributed by atoms with Crippen molar-refractivity contribution in [2.45, 2.75) is 0 Å². The minimum absolute atomic E-state index is 0.827. The Morgan fingerprint density at radius 1 is 0.333 bits per heavy atom. The lowest BCUT2D eigenvalue weighted by Crippen LogP contribution is -2.06. The number of hydrogen-bond donors (Lipinski definition) is 0. The maximum absolute atomic E-state index is 5.39. The summed E-state index contributed by atoms with van der Waals surface area (Å²) < 4.78 is 4.57. The molecule has 4 heteroatoms. The van der Waals surface area contributed by atoms with Crippen LogP contribution in [0.3, 0.4) is 0 Å². The van der Waals surface area contributed by atoms with Gasteiger partial charge in [0.2, 0.25) is 5.95 Å². The van der Waals surface area contributed by atoms with Crippen LogP contribution < -0.4 is 0 Å². The molecule has 4 nitrogen and oxygen atoms in total. The maximum Gasteiger partial charge on any atom is 0.221 e. The Morgan fingerprint density at radius 2 is 0.870 bits per heavy atom. The summed E-state index contributed by atoms with van der Waals surface area (Å²) in [6.07, 6.45) is 0. The molecule has 0 bridgehead atoms. The molecule has 12 rings (SSSR count). The summed E-state index contributed by atoms with van der Waals surface area (Å²) in [6.45, 7) is 0. The number of nitrogens with zero attached hydrogens (tertiary/aromatic N) is 4. The third-order valence-corrected chi connectivity index (χ3v) is 11.2. The minimum atomic E-state index is 0.827. The molecule has 0 N–H and O–H groups in total. The average Bonchev–Trinajstić information content (AvgIpc) is 3.79. The first-order chi connectivity index (χ1) is 26.7. The van der Waals surface area contributed by atoms with Crippen molar-refractivity contribution < 1.29 is 0 Å². The fourth-order valence-electron chi connectivity index (χ4n) is 8.64. The smallest absolute Gasteiger partial charge is 0.221 e. The molecule has 0 fully saturated rings. The van der Waals surface area contributed by atoms with Crippen LogP contribution in [-0.2, 0) is 0 Å². The predicted molar refractivity (Wildman–Crippen MR) is 226 cm³/mol. The molecule has 0 amide bonds. The molecule has 12 aromatic rings. The normalized spacial score (nSPS) is 12.1. The van der Waals surface area contributed by atoms with Crippen LogP contribution in [0.2, 0.25) is 0 Å². The van der Waals surface area contributed by atoms with Gasteiger partial charge in [-0.15, -0.1) is 0 Å². The summed E-state index contributed by atoms with van der Waals surface area (Å²) in [4.78, 5) is 10.5. The quantitative estimate of drug-likeness (QED) is 0.185. The van der Waals surface area contributed by atoms with Gasteiger partial charge in [-0.3, -0.25) is 8.97 Å². The molecule has 250 valence electrons. The third-order valence-electron chi connectivity index (χ3n) is 11.2. The van der Waals surface area contributed by atoms with Crippen LogP contribution in [-0.4, -0.2) is 18.9 Å². The minimum Gasteiger partial charge on any atom is -0.279 e. The first-order valence-corrected chi connectivity index (χ1v) is 18.4. The van der Waals surface area contributed by atoms with E-state index in [4.69, 9.17) is 9.97 Å². The lowest BCUT2D eigenvalue weighted by molar-refractivity contribution is 0.980. The number of fused-ring (bicyclic) bond motifs is 12. The van der Waals surface area contributed by atoms with Crippen LogP contribution in [0.4, 0.5) is 0 Å². The standard InChI is InChI=1S/C50H30N4/c1-2-11-33-27-34(18-17-31(33)9-1)35-19-20-37-29-38(22-21-36(37)28-35)39-24-25-45-42(30-39)48-40-12-4-3-10-32(40)23-26-47(48)53(45)50-52-43-14-6-5-13-41(43)49-51-44-15-7-8-16-46(44)54(49)50/h1-30H. The summed E-state index contributed by atoms with van der Waals surface area (Å²) in [5.41, 5.74) is 10.9. The Labute approximate surface area is 309 Å². The Kier molecular flexibility index (Phi) is 6.02. The fourth-order valence-corrected chi connectivity index (χ4v) is 8.64. The van der Waals surface area contributed by atoms with Crippen molar-refractivity contribution in [3.8, 4) is 28.2 Å². The van der Waals surface area contributed by atoms with E-state index in [1.54, 1.807) is 0 Å². The van der Waals surface area contributed by atoms with Crippen molar-refractivity contribution in [3.63, 3.8) is 0 Å². The molecule has 54 heavy (non-hydrogen) atoms. The number of aromatic nitrogens is 4. The second-order valence-corrected chi connectivity index (χ2v) is 14.3. The Hall–Kier alpha value is -7.30. The Bertz CT molecular complexity index is 3510. The summed E-state index contributed by atoms with van der Waals surface area (Å²) in [5.74, 6) is 0.827. The number of para-hydroxylation sites is 3. The van der Waals surface area contributed by atoms with Gasteiger partial charge < -0.3 is 0 Å². The van der Waals surface area contributed by atoms with Crippen LogP contribution >= 0.6 is 0 Å². The largest absolute Gasteiger partial charge is 0.279 e. The lowest BCUT2D eigenvalue weighted by atomic mass is 9.96. The van der Waals surface area contributed by atoms with E-state index in [1.807, 2.05) is 0 Å². The average molecular weight is 687 g/mol. The van der Waals surface area contributed by atoms with Crippen molar-refractivity contribution in [1.82, 2.24) is 18.9 Å². The third kappa shape index (κ3) is 4.25. The van der Waals surface area contributed by atoms with Crippen LogP contribution in [0.15, 0.2) is 182 Å². The van der Waals surface area contributed by atoms with Crippen molar-refractivity contribution in [3.05, 3.63) is 182 Å². The first-order valence-electron chi connectivity index (χ1n) is 18.4. The van der Waals surface area contributed by atoms with E-state index in [2.05, 4.69) is 191 Å². The highest BCUT2D eigenvalue weighted by Crippen LogP contribution is 2.40. The summed E-state index contributed by atoms with van der Waals surface area (Å²) >= 11 is 0. The van der Waals surface area contributed by atoms with E-state index in [9.17, 15) is 0 Å². The summed E-state index contributed by atoms with van der Waals surface area (Å²) in [6, 6.07) is 65.7. The van der Waals surface area contributed by atoms with E-state index in [-0.39, 0.29) is 0 Å². The summed E-state index contributed by atoms with van der Waals surface area (Å²) in [7, 11) is 0. The monoisotopic (exact) mass is 686 g/mol. The first kappa shape index (κ1) is 29.3. The number of benzene rings is 9. The molecule has 3 heterocycles. The molecule has 9 aromatic carbocycles. The molecule has 0 aliphatic heterocycles. The van der Waals surface area contributed by atoms with Crippen LogP contribution in [0.1, 0.15) is 0 Å². The van der Waals surface area contributed by atoms with E-state index < -0.39 is 0 Å². The van der Waals surface area contributed by atoms with Crippen LogP contribution in [0, 0.1) is 0 Å². The van der Waals surface area contributed by atoms with Crippen molar-refractivity contribution >= 4 is 81.7 Å². The van der Waals surface area contributed by atoms with Crippen LogP contribution in [0.5, 0.6) is 0 Å². The second-order valence-electron chi connectivity index (χ2n) is 14.3. The SMILES string of the molecule is c1ccc2cc(-c3ccc4cc(-c5ccc6c(c5)c5c7ccccc7ccc5n6-c5nc6ccccc6c6nc7ccccc7n56)ccc4c3)ccc2c1. The molecule has 0 atom stereocenters. The van der Waals surface area contributed by atoms with Gasteiger partial charge in [-0.2, -0.15) is 0 Å². The zero-order chi connectivity index (χ0) is 35.3. The molecule has 0 saturated carbocycles. The van der Waals surface area contributed by atoms with Gasteiger partial charge in [-0.25, -0.2) is 9.97 Å². The molecule has 0 spiro atoms. The molecule has 3 aromatic heterocycles. The Morgan fingerprint density at radius 3 is 1.65 bits per heavy atom. The van der Waals surface area contributed by atoms with Crippen molar-refractivity contribution in [2.75, 3.05) is 0 Å². The van der Waals surface area contributed by atoms with E-state index in [1.165, 1.54) is 65.3 Å². The molecule has 0 unspecified atom stereocenters. The molecular formula is C50H30N4. The predicted octanol–water partition coefficient (Wildman–Crippen LogP) is 12.9. The van der Waals surface area contributed by atoms with Gasteiger partial charge in [-0.05, 0) is 115 Å². The van der Waals surface area contributed by atoms with Gasteiger partial charge in [0.1, 0.15) is 5.65 Å². The highest BCUT2D eigenvalue weighted by Gasteiger charge is 2.21. The van der Waals surface area contributed by atoms with Crippen molar-refractivity contribution in [1.29, 1.82) is 0 Å². The van der Waals surface area contributed by atoms with Gasteiger partial charge in [-0.1, -0.05) is 121 Å². The number of rotatable bonds is 3. The molecule has 0 saturated heterocycles. The molecule has 0 aliphatic rings. The molecule has 0 radical (unpaired) electrons. The second kappa shape index (κ2) is 11.1. The highest BCUT2D eigenvalue weighted by atomic mass is 15.2. The zero-order valence-corrected chi connectivity index (χ0v) is 29.1. The van der Waals surface area contributed by atoms with Gasteiger partial charge in [0.05, 0.1) is 27.6 Å². The molecule has 0 aliphatic carbocycles. The van der Waals surface area contributed by atoms with E-state index in [0.29, 0.717) is 0 Å². The van der Waals surface area contributed by atoms with Gasteiger partial charge in [0, 0.05) is 16.2 Å². The fraction of sp³-hybridized carbons (Fsp3) is 0.